The van der Waals surface area contributed by atoms with E-state index in [1.54, 1.807) is 30.7 Å². The maximum Gasteiger partial charge on any atom is 0.260 e. The Kier molecular flexibility index (Phi) is 5.77. The van der Waals surface area contributed by atoms with Gasteiger partial charge >= 0.3 is 0 Å². The maximum absolute atomic E-state index is 15.6. The van der Waals surface area contributed by atoms with Crippen molar-refractivity contribution in [3.8, 4) is 0 Å². The van der Waals surface area contributed by atoms with Crippen molar-refractivity contribution in [3.05, 3.63) is 42.5 Å². The Morgan fingerprint density at radius 1 is 1.28 bits per heavy atom. The van der Waals surface area contributed by atoms with E-state index in [0.717, 1.165) is 36.5 Å². The predicted molar refractivity (Wildman–Crippen MR) is 118 cm³/mol. The quantitative estimate of drug-likeness (QED) is 0.762. The van der Waals surface area contributed by atoms with Crippen LogP contribution in [0.5, 0.6) is 0 Å². The van der Waals surface area contributed by atoms with E-state index in [-0.39, 0.29) is 31.1 Å². The first-order valence-electron chi connectivity index (χ1n) is 11.3. The first-order valence-corrected chi connectivity index (χ1v) is 11.3. The second-order valence-electron chi connectivity index (χ2n) is 8.91. The van der Waals surface area contributed by atoms with Gasteiger partial charge in [0.05, 0.1) is 18.2 Å². The van der Waals surface area contributed by atoms with Crippen LogP contribution in [0.1, 0.15) is 31.2 Å². The summed E-state index contributed by atoms with van der Waals surface area (Å²) in [7, 11) is 1.67. The van der Waals surface area contributed by atoms with Gasteiger partial charge in [0.15, 0.2) is 11.5 Å². The van der Waals surface area contributed by atoms with Crippen molar-refractivity contribution in [1.82, 2.24) is 14.8 Å². The molecule has 2 aromatic heterocycles. The molecular weight excluding hydrogens is 413 g/mol. The number of likely N-dealkylation sites (tertiary alicyclic amines) is 2. The number of alkyl halides is 1. The van der Waals surface area contributed by atoms with Crippen LogP contribution >= 0.6 is 0 Å². The molecule has 32 heavy (non-hydrogen) atoms. The lowest BCUT2D eigenvalue weighted by Crippen LogP contribution is -2.56. The van der Waals surface area contributed by atoms with E-state index in [1.807, 2.05) is 18.2 Å². The lowest BCUT2D eigenvalue weighted by molar-refractivity contribution is -0.148. The summed E-state index contributed by atoms with van der Waals surface area (Å²) in [6.45, 7) is 2.96. The van der Waals surface area contributed by atoms with Gasteiger partial charge in [-0.1, -0.05) is 0 Å². The lowest BCUT2D eigenvalue weighted by Gasteiger charge is -2.42. The van der Waals surface area contributed by atoms with Gasteiger partial charge in [0.2, 0.25) is 6.35 Å². The standard InChI is InChI=1S/C23H30FN5O3/c1-31-22-26-19-3-2-9-25-20(19)29(22)18-4-10-28(11-5-18)21(30)23(24)7-12-27(13-8-23)15-17-6-14-32-16-17/h2-3,6,9,14,16,18,22,26H,4-5,7-8,10-13,15H2,1H3. The third-order valence-corrected chi connectivity index (χ3v) is 6.95. The zero-order chi connectivity index (χ0) is 22.1. The molecule has 5 heterocycles. The fraction of sp³-hybridized carbons (Fsp3) is 0.565. The molecule has 0 saturated carbocycles. The van der Waals surface area contributed by atoms with Gasteiger partial charge in [-0.05, 0) is 31.0 Å². The highest BCUT2D eigenvalue weighted by molar-refractivity contribution is 5.85. The number of halogens is 1. The van der Waals surface area contributed by atoms with Crippen LogP contribution in [0, 0.1) is 0 Å². The minimum Gasteiger partial charge on any atom is -0.472 e. The lowest BCUT2D eigenvalue weighted by atomic mass is 9.90. The summed E-state index contributed by atoms with van der Waals surface area (Å²) in [5, 5.41) is 3.33. The SMILES string of the molecule is COC1Nc2cccnc2N1C1CCN(C(=O)C2(F)CCN(Cc3ccoc3)CC2)CC1. The first-order chi connectivity index (χ1) is 15.6. The summed E-state index contributed by atoms with van der Waals surface area (Å²) in [5.41, 5.74) is 0.257. The largest absolute Gasteiger partial charge is 0.472 e. The van der Waals surface area contributed by atoms with E-state index < -0.39 is 5.67 Å². The topological polar surface area (TPSA) is 74.1 Å². The number of rotatable bonds is 5. The van der Waals surface area contributed by atoms with Crippen LogP contribution in [0.2, 0.25) is 0 Å². The smallest absolute Gasteiger partial charge is 0.260 e. The van der Waals surface area contributed by atoms with Gasteiger partial charge in [-0.2, -0.15) is 0 Å². The number of amides is 1. The molecule has 2 fully saturated rings. The average molecular weight is 444 g/mol. The predicted octanol–water partition coefficient (Wildman–Crippen LogP) is 2.83. The van der Waals surface area contributed by atoms with E-state index in [9.17, 15) is 4.79 Å². The zero-order valence-corrected chi connectivity index (χ0v) is 18.4. The highest BCUT2D eigenvalue weighted by atomic mass is 19.1. The highest BCUT2D eigenvalue weighted by Gasteiger charge is 2.45. The highest BCUT2D eigenvalue weighted by Crippen LogP contribution is 2.37. The molecular formula is C23H30FN5O3. The van der Waals surface area contributed by atoms with Crippen LogP contribution in [0.4, 0.5) is 15.9 Å². The number of nitrogens with zero attached hydrogens (tertiary/aromatic N) is 4. The molecule has 3 aliphatic rings. The molecule has 2 saturated heterocycles. The van der Waals surface area contributed by atoms with Crippen LogP contribution < -0.4 is 10.2 Å². The van der Waals surface area contributed by atoms with Crippen molar-refractivity contribution in [3.63, 3.8) is 0 Å². The molecule has 8 nitrogen and oxygen atoms in total. The van der Waals surface area contributed by atoms with Crippen molar-refractivity contribution in [1.29, 1.82) is 0 Å². The number of furan rings is 1. The number of ether oxygens (including phenoxy) is 1. The Hall–Kier alpha value is -2.65. The number of fused-ring (bicyclic) bond motifs is 1. The number of anilines is 2. The van der Waals surface area contributed by atoms with Gasteiger partial charge in [0.25, 0.3) is 5.91 Å². The minimum atomic E-state index is -1.77. The number of hydrogen-bond acceptors (Lipinski definition) is 7. The Morgan fingerprint density at radius 2 is 2.06 bits per heavy atom. The molecule has 1 amide bonds. The molecule has 1 unspecified atom stereocenters. The summed E-state index contributed by atoms with van der Waals surface area (Å²) < 4.78 is 26.4. The van der Waals surface area contributed by atoms with Gasteiger partial charge in [0.1, 0.15) is 0 Å². The van der Waals surface area contributed by atoms with Crippen LogP contribution in [0.15, 0.2) is 41.3 Å². The molecule has 1 N–H and O–H groups in total. The number of piperidine rings is 2. The molecule has 0 radical (unpaired) electrons. The van der Waals surface area contributed by atoms with Crippen LogP contribution in [0.3, 0.4) is 0 Å². The summed E-state index contributed by atoms with van der Waals surface area (Å²) in [6, 6.07) is 5.98. The number of hydrogen-bond donors (Lipinski definition) is 1. The molecule has 0 aromatic carbocycles. The summed E-state index contributed by atoms with van der Waals surface area (Å²) >= 11 is 0. The number of methoxy groups -OCH3 is 1. The molecule has 0 aliphatic carbocycles. The second-order valence-corrected chi connectivity index (χ2v) is 8.91. The summed E-state index contributed by atoms with van der Waals surface area (Å²) in [5.74, 6) is 0.524. The van der Waals surface area contributed by atoms with Gasteiger partial charge in [-0.15, -0.1) is 0 Å². The van der Waals surface area contributed by atoms with E-state index in [1.165, 1.54) is 0 Å². The van der Waals surface area contributed by atoms with E-state index in [2.05, 4.69) is 20.1 Å². The van der Waals surface area contributed by atoms with Crippen molar-refractivity contribution < 1.29 is 18.3 Å². The first kappa shape index (κ1) is 21.2. The monoisotopic (exact) mass is 443 g/mol. The Bertz CT molecular complexity index is 923. The van der Waals surface area contributed by atoms with Crippen LogP contribution in [-0.2, 0) is 16.1 Å². The van der Waals surface area contributed by atoms with Gasteiger partial charge < -0.3 is 24.3 Å². The Labute approximate surface area is 187 Å². The number of aromatic nitrogens is 1. The number of pyridine rings is 1. The molecule has 2 aromatic rings. The molecule has 3 aliphatic heterocycles. The third kappa shape index (κ3) is 3.95. The normalized spacial score (nSPS) is 23.8. The Balaban J connectivity index is 1.17. The number of carbonyl (C=O) groups is 1. The molecule has 0 bridgehead atoms. The fourth-order valence-electron chi connectivity index (χ4n) is 5.12. The van der Waals surface area contributed by atoms with Crippen LogP contribution in [0.25, 0.3) is 0 Å². The Morgan fingerprint density at radius 3 is 2.75 bits per heavy atom. The molecule has 5 rings (SSSR count). The van der Waals surface area contributed by atoms with Crippen molar-refractivity contribution in [2.45, 2.75) is 50.3 Å². The van der Waals surface area contributed by atoms with Gasteiger partial charge in [-0.3, -0.25) is 9.69 Å². The van der Waals surface area contributed by atoms with E-state index in [4.69, 9.17) is 9.15 Å². The molecule has 9 heteroatoms. The van der Waals surface area contributed by atoms with Crippen molar-refractivity contribution >= 4 is 17.4 Å². The van der Waals surface area contributed by atoms with E-state index >= 15 is 4.39 Å². The maximum atomic E-state index is 15.6. The fourth-order valence-corrected chi connectivity index (χ4v) is 5.12. The molecule has 172 valence electrons. The third-order valence-electron chi connectivity index (χ3n) is 6.95. The van der Waals surface area contributed by atoms with Crippen LogP contribution in [-0.4, -0.2) is 72.0 Å². The van der Waals surface area contributed by atoms with Gasteiger partial charge in [-0.25, -0.2) is 9.37 Å². The van der Waals surface area contributed by atoms with Crippen molar-refractivity contribution in [2.24, 2.45) is 0 Å². The molecule has 0 spiro atoms. The summed E-state index contributed by atoms with van der Waals surface area (Å²) in [4.78, 5) is 23.7. The number of carbonyl (C=O) groups excluding carboxylic acids is 1. The second kappa shape index (κ2) is 8.71. The summed E-state index contributed by atoms with van der Waals surface area (Å²) in [6.07, 6.45) is 6.84. The average Bonchev–Trinajstić information content (AvgIpc) is 3.47. The zero-order valence-electron chi connectivity index (χ0n) is 18.4. The van der Waals surface area contributed by atoms with Gasteiger partial charge in [0, 0.05) is 70.5 Å². The number of nitrogens with one attached hydrogen (secondary N) is 1. The molecule has 1 atom stereocenters. The van der Waals surface area contributed by atoms with E-state index in [0.29, 0.717) is 26.2 Å². The van der Waals surface area contributed by atoms with Crippen molar-refractivity contribution in [2.75, 3.05) is 43.5 Å². The minimum absolute atomic E-state index is 0.181.